The molecule has 0 heterocycles. The van der Waals surface area contributed by atoms with Gasteiger partial charge in [-0.25, -0.2) is 0 Å². The van der Waals surface area contributed by atoms with Gasteiger partial charge in [-0.2, -0.15) is 0 Å². The topological polar surface area (TPSA) is 97.7 Å². The summed E-state index contributed by atoms with van der Waals surface area (Å²) < 4.78 is 11.1. The van der Waals surface area contributed by atoms with Crippen LogP contribution in [0.2, 0.25) is 0 Å². The molecule has 2 N–H and O–H groups in total. The van der Waals surface area contributed by atoms with Gasteiger partial charge in [-0.3, -0.25) is 4.57 Å². The minimum Gasteiger partial charge on any atom is -0.550 e. The van der Waals surface area contributed by atoms with Crippen LogP contribution in [0.5, 0.6) is 0 Å². The average molecular weight is 330 g/mol. The first-order valence-electron chi connectivity index (χ1n) is 7.63. The zero-order chi connectivity index (χ0) is 15.4. The van der Waals surface area contributed by atoms with Gasteiger partial charge in [0.25, 0.3) is 0 Å². The monoisotopic (exact) mass is 330 g/mol. The number of carboxylic acids is 1. The summed E-state index contributed by atoms with van der Waals surface area (Å²) in [6.45, 7) is 2.18. The fraction of sp³-hybridized carbons (Fsp3) is 0.929. The number of carbonyl (C=O) groups is 1. The number of carbonyl (C=O) groups excluding carboxylic acids is 1. The second-order valence-electron chi connectivity index (χ2n) is 5.44. The maximum atomic E-state index is 11.1. The minimum atomic E-state index is -4.32. The molecule has 0 aliphatic heterocycles. The summed E-state index contributed by atoms with van der Waals surface area (Å²) >= 11 is 0. The van der Waals surface area contributed by atoms with Gasteiger partial charge in [0, 0.05) is 12.4 Å². The summed E-state index contributed by atoms with van der Waals surface area (Å²) in [5, 5.41) is 10.5. The van der Waals surface area contributed by atoms with E-state index in [0.717, 1.165) is 19.3 Å². The number of aliphatic carboxylic acids is 1. The largest absolute Gasteiger partial charge is 1.00 e. The van der Waals surface area contributed by atoms with Crippen molar-refractivity contribution < 1.29 is 53.8 Å². The van der Waals surface area contributed by atoms with Gasteiger partial charge in [0.15, 0.2) is 0 Å². The molecule has 120 valence electrons. The molecule has 0 radical (unpaired) electrons. The summed E-state index contributed by atoms with van der Waals surface area (Å²) in [5.41, 5.74) is -1.09. The van der Waals surface area contributed by atoms with E-state index >= 15 is 0 Å². The van der Waals surface area contributed by atoms with Crippen molar-refractivity contribution in [2.45, 2.75) is 83.2 Å². The van der Waals surface area contributed by atoms with Gasteiger partial charge in [-0.15, -0.1) is 0 Å². The quantitative estimate of drug-likeness (QED) is 0.272. The van der Waals surface area contributed by atoms with Gasteiger partial charge in [0.05, 0.1) is 5.66 Å². The maximum absolute atomic E-state index is 11.1. The Morgan fingerprint density at radius 2 is 1.43 bits per heavy atom. The SMILES string of the molecule is CCCCCCCCCCCC(CC(=O)[O-])P(=O)(O)O.[Na+]. The number of rotatable bonds is 13. The molecule has 0 saturated carbocycles. The van der Waals surface area contributed by atoms with Crippen LogP contribution in [-0.2, 0) is 9.36 Å². The zero-order valence-corrected chi connectivity index (χ0v) is 16.3. The molecule has 0 aliphatic carbocycles. The summed E-state index contributed by atoms with van der Waals surface area (Å²) in [5.74, 6) is -1.39. The number of hydrogen-bond acceptors (Lipinski definition) is 3. The van der Waals surface area contributed by atoms with Crippen LogP contribution in [0.15, 0.2) is 0 Å². The summed E-state index contributed by atoms with van der Waals surface area (Å²) in [4.78, 5) is 28.6. The van der Waals surface area contributed by atoms with Crippen molar-refractivity contribution >= 4 is 13.6 Å². The Hall–Kier alpha value is 0.620. The van der Waals surface area contributed by atoms with E-state index in [4.69, 9.17) is 9.79 Å². The van der Waals surface area contributed by atoms with E-state index in [9.17, 15) is 14.5 Å². The van der Waals surface area contributed by atoms with Crippen LogP contribution in [0.25, 0.3) is 0 Å². The number of unbranched alkanes of at least 4 members (excludes halogenated alkanes) is 8. The molecule has 0 rings (SSSR count). The molecule has 0 bridgehead atoms. The molecule has 0 amide bonds. The van der Waals surface area contributed by atoms with E-state index < -0.39 is 25.6 Å². The zero-order valence-electron chi connectivity index (χ0n) is 13.4. The first-order chi connectivity index (χ1) is 9.38. The minimum absolute atomic E-state index is 0. The van der Waals surface area contributed by atoms with Crippen molar-refractivity contribution in [3.05, 3.63) is 0 Å². The first-order valence-corrected chi connectivity index (χ1v) is 9.31. The Bertz CT molecular complexity index is 306. The number of hydrogen-bond donors (Lipinski definition) is 2. The van der Waals surface area contributed by atoms with E-state index in [1.54, 1.807) is 0 Å². The fourth-order valence-electron chi connectivity index (χ4n) is 2.27. The van der Waals surface area contributed by atoms with E-state index in [1.165, 1.54) is 32.1 Å². The molecular formula is C14H28NaO5P. The predicted octanol–water partition coefficient (Wildman–Crippen LogP) is -0.402. The fourth-order valence-corrected chi connectivity index (χ4v) is 3.18. The van der Waals surface area contributed by atoms with Crippen LogP contribution in [0.4, 0.5) is 0 Å². The molecule has 0 spiro atoms. The standard InChI is InChI=1S/C14H29O5P.Na/c1-2-3-4-5-6-7-8-9-10-11-13(12-14(15)16)20(17,18)19;/h13H,2-12H2,1H3,(H,15,16)(H2,17,18,19);/q;+1/p-1. The smallest absolute Gasteiger partial charge is 0.550 e. The van der Waals surface area contributed by atoms with Crippen molar-refractivity contribution in [3.63, 3.8) is 0 Å². The van der Waals surface area contributed by atoms with Gasteiger partial charge >= 0.3 is 37.2 Å². The molecule has 0 aromatic heterocycles. The Labute approximate surface area is 150 Å². The molecule has 0 aliphatic rings. The van der Waals surface area contributed by atoms with E-state index in [-0.39, 0.29) is 36.0 Å². The Morgan fingerprint density at radius 3 is 1.81 bits per heavy atom. The molecule has 0 saturated heterocycles. The number of carboxylic acid groups (broad SMARTS) is 1. The molecular weight excluding hydrogens is 302 g/mol. The van der Waals surface area contributed by atoms with Crippen molar-refractivity contribution in [3.8, 4) is 0 Å². The van der Waals surface area contributed by atoms with E-state index in [1.807, 2.05) is 0 Å². The summed E-state index contributed by atoms with van der Waals surface area (Å²) in [6.07, 6.45) is 9.73. The van der Waals surface area contributed by atoms with E-state index in [2.05, 4.69) is 6.92 Å². The van der Waals surface area contributed by atoms with Crippen molar-refractivity contribution in [2.75, 3.05) is 0 Å². The van der Waals surface area contributed by atoms with Gasteiger partial charge in [-0.1, -0.05) is 64.7 Å². The van der Waals surface area contributed by atoms with Crippen LogP contribution in [0.1, 0.15) is 77.6 Å². The average Bonchev–Trinajstić information content (AvgIpc) is 2.33. The van der Waals surface area contributed by atoms with Crippen molar-refractivity contribution in [2.24, 2.45) is 0 Å². The molecule has 5 nitrogen and oxygen atoms in total. The van der Waals surface area contributed by atoms with Gasteiger partial charge in [-0.05, 0) is 6.42 Å². The molecule has 0 aromatic rings. The van der Waals surface area contributed by atoms with Crippen molar-refractivity contribution in [1.29, 1.82) is 0 Å². The third-order valence-corrected chi connectivity index (χ3v) is 4.91. The van der Waals surface area contributed by atoms with Crippen LogP contribution in [0.3, 0.4) is 0 Å². The maximum Gasteiger partial charge on any atom is 1.00 e. The third kappa shape index (κ3) is 15.3. The molecule has 1 unspecified atom stereocenters. The summed E-state index contributed by atoms with van der Waals surface area (Å²) in [7, 11) is -4.32. The predicted molar refractivity (Wildman–Crippen MR) is 77.3 cm³/mol. The second kappa shape index (κ2) is 14.2. The third-order valence-electron chi connectivity index (χ3n) is 3.52. The van der Waals surface area contributed by atoms with Crippen LogP contribution < -0.4 is 34.7 Å². The van der Waals surface area contributed by atoms with Gasteiger partial charge < -0.3 is 19.7 Å². The molecule has 21 heavy (non-hydrogen) atoms. The van der Waals surface area contributed by atoms with Gasteiger partial charge in [0.1, 0.15) is 0 Å². The van der Waals surface area contributed by atoms with Crippen LogP contribution >= 0.6 is 7.60 Å². The Morgan fingerprint density at radius 1 is 1.00 bits per heavy atom. The summed E-state index contributed by atoms with van der Waals surface area (Å²) in [6, 6.07) is 0. The van der Waals surface area contributed by atoms with Crippen LogP contribution in [-0.4, -0.2) is 21.4 Å². The molecule has 1 atom stereocenters. The second-order valence-corrected chi connectivity index (χ2v) is 7.34. The Balaban J connectivity index is 0. The van der Waals surface area contributed by atoms with Gasteiger partial charge in [0.2, 0.25) is 0 Å². The molecule has 0 fully saturated rings. The van der Waals surface area contributed by atoms with Crippen LogP contribution in [0, 0.1) is 0 Å². The molecule has 0 aromatic carbocycles. The first kappa shape index (κ1) is 23.9. The van der Waals surface area contributed by atoms with E-state index in [0.29, 0.717) is 6.42 Å². The van der Waals surface area contributed by atoms with Crippen molar-refractivity contribution in [1.82, 2.24) is 0 Å². The molecule has 7 heteroatoms. The normalized spacial score (nSPS) is 12.7. The Kier molecular flexibility index (Phi) is 16.2.